The number of piperazine rings is 1. The third kappa shape index (κ3) is 4.25. The zero-order chi connectivity index (χ0) is 16.1. The summed E-state index contributed by atoms with van der Waals surface area (Å²) in [6.45, 7) is 6.48. The van der Waals surface area contributed by atoms with Crippen molar-refractivity contribution in [2.75, 3.05) is 32.8 Å². The van der Waals surface area contributed by atoms with Gasteiger partial charge in [-0.3, -0.25) is 4.79 Å². The van der Waals surface area contributed by atoms with Crippen molar-refractivity contribution in [1.82, 2.24) is 4.90 Å². The summed E-state index contributed by atoms with van der Waals surface area (Å²) in [5, 5.41) is 0. The molecule has 2 atom stereocenters. The van der Waals surface area contributed by atoms with Gasteiger partial charge in [0, 0.05) is 5.92 Å². The SMILES string of the molecule is C[C@H]1CCCC[C@H]1[NH+]1CCN(C(=O)COc2ccccc2)CC1. The molecule has 2 fully saturated rings. The van der Waals surface area contributed by atoms with Crippen molar-refractivity contribution in [3.63, 3.8) is 0 Å². The maximum absolute atomic E-state index is 12.3. The number of nitrogens with one attached hydrogen (secondary N) is 1. The number of ether oxygens (including phenoxy) is 1. The fourth-order valence-corrected chi connectivity index (χ4v) is 4.09. The zero-order valence-corrected chi connectivity index (χ0v) is 14.2. The van der Waals surface area contributed by atoms with E-state index in [1.54, 1.807) is 4.90 Å². The minimum absolute atomic E-state index is 0.115. The number of rotatable bonds is 4. The van der Waals surface area contributed by atoms with Gasteiger partial charge in [0.15, 0.2) is 6.61 Å². The Hall–Kier alpha value is -1.55. The van der Waals surface area contributed by atoms with Gasteiger partial charge in [0.25, 0.3) is 5.91 Å². The summed E-state index contributed by atoms with van der Waals surface area (Å²) in [4.78, 5) is 16.0. The normalized spacial score (nSPS) is 26.0. The molecule has 1 aliphatic carbocycles. The van der Waals surface area contributed by atoms with Crippen LogP contribution in [0.3, 0.4) is 0 Å². The van der Waals surface area contributed by atoms with Gasteiger partial charge in [-0.2, -0.15) is 0 Å². The molecule has 0 radical (unpaired) electrons. The highest BCUT2D eigenvalue weighted by Crippen LogP contribution is 2.22. The fourth-order valence-electron chi connectivity index (χ4n) is 4.09. The van der Waals surface area contributed by atoms with Gasteiger partial charge >= 0.3 is 0 Å². The van der Waals surface area contributed by atoms with E-state index in [-0.39, 0.29) is 12.5 Å². The molecule has 0 spiro atoms. The Kier molecular flexibility index (Phi) is 5.55. The van der Waals surface area contributed by atoms with Crippen LogP contribution in [0, 0.1) is 5.92 Å². The van der Waals surface area contributed by atoms with Crippen molar-refractivity contribution in [2.45, 2.75) is 38.6 Å². The standard InChI is InChI=1S/C19H28N2O2/c1-16-7-5-6-10-18(16)20-11-13-21(14-12-20)19(22)15-23-17-8-3-2-4-9-17/h2-4,8-9,16,18H,5-7,10-15H2,1H3/p+1/t16-,18+/m0/s1. The first kappa shape index (κ1) is 16.3. The van der Waals surface area contributed by atoms with Crippen molar-refractivity contribution in [3.05, 3.63) is 30.3 Å². The maximum Gasteiger partial charge on any atom is 0.260 e. The predicted molar refractivity (Wildman–Crippen MR) is 90.6 cm³/mol. The quantitative estimate of drug-likeness (QED) is 0.910. The molecule has 4 nitrogen and oxygen atoms in total. The van der Waals surface area contributed by atoms with Crippen LogP contribution < -0.4 is 9.64 Å². The number of hydrogen-bond donors (Lipinski definition) is 1. The van der Waals surface area contributed by atoms with Crippen LogP contribution in [0.4, 0.5) is 0 Å². The van der Waals surface area contributed by atoms with Crippen molar-refractivity contribution in [2.24, 2.45) is 5.92 Å². The smallest absolute Gasteiger partial charge is 0.260 e. The lowest BCUT2D eigenvalue weighted by molar-refractivity contribution is -0.934. The molecule has 1 saturated heterocycles. The van der Waals surface area contributed by atoms with Crippen molar-refractivity contribution in [3.8, 4) is 5.75 Å². The fraction of sp³-hybridized carbons (Fsp3) is 0.632. The van der Waals surface area contributed by atoms with E-state index in [2.05, 4.69) is 6.92 Å². The molecule has 0 aromatic heterocycles. The van der Waals surface area contributed by atoms with Gasteiger partial charge in [-0.15, -0.1) is 0 Å². The number of hydrogen-bond acceptors (Lipinski definition) is 2. The highest BCUT2D eigenvalue weighted by Gasteiger charge is 2.33. The first-order chi connectivity index (χ1) is 11.2. The molecule has 1 heterocycles. The Balaban J connectivity index is 1.44. The van der Waals surface area contributed by atoms with E-state index in [1.165, 1.54) is 25.7 Å². The topological polar surface area (TPSA) is 34.0 Å². The number of carbonyl (C=O) groups excluding carboxylic acids is 1. The largest absolute Gasteiger partial charge is 0.484 e. The van der Waals surface area contributed by atoms with Gasteiger partial charge in [-0.05, 0) is 31.4 Å². The number of quaternary nitrogens is 1. The molecule has 1 aliphatic heterocycles. The lowest BCUT2D eigenvalue weighted by Crippen LogP contribution is -3.19. The molecular weight excluding hydrogens is 288 g/mol. The summed E-state index contributed by atoms with van der Waals surface area (Å²) in [7, 11) is 0. The van der Waals surface area contributed by atoms with E-state index in [0.717, 1.165) is 43.9 Å². The molecule has 2 aliphatic rings. The lowest BCUT2D eigenvalue weighted by Gasteiger charge is -2.40. The average Bonchev–Trinajstić information content (AvgIpc) is 2.61. The van der Waals surface area contributed by atoms with Crippen LogP contribution in [0.15, 0.2) is 30.3 Å². The highest BCUT2D eigenvalue weighted by molar-refractivity contribution is 5.77. The molecule has 1 N–H and O–H groups in total. The maximum atomic E-state index is 12.3. The molecule has 1 amide bonds. The second-order valence-electron chi connectivity index (χ2n) is 7.01. The summed E-state index contributed by atoms with van der Waals surface area (Å²) in [5.74, 6) is 1.72. The van der Waals surface area contributed by atoms with Gasteiger partial charge in [0.2, 0.25) is 0 Å². The van der Waals surface area contributed by atoms with Crippen LogP contribution in [-0.2, 0) is 4.79 Å². The van der Waals surface area contributed by atoms with Crippen LogP contribution in [-0.4, -0.2) is 49.6 Å². The Morgan fingerprint density at radius 1 is 1.17 bits per heavy atom. The summed E-state index contributed by atoms with van der Waals surface area (Å²) in [5.41, 5.74) is 0. The van der Waals surface area contributed by atoms with E-state index in [9.17, 15) is 4.79 Å². The van der Waals surface area contributed by atoms with Crippen LogP contribution >= 0.6 is 0 Å². The number of benzene rings is 1. The number of para-hydroxylation sites is 1. The van der Waals surface area contributed by atoms with Crippen LogP contribution in [0.5, 0.6) is 5.75 Å². The minimum atomic E-state index is 0.115. The summed E-state index contributed by atoms with van der Waals surface area (Å²) in [6.07, 6.45) is 5.52. The average molecular weight is 317 g/mol. The molecule has 1 aromatic carbocycles. The zero-order valence-electron chi connectivity index (χ0n) is 14.2. The predicted octanol–water partition coefficient (Wildman–Crippen LogP) is 1.37. The van der Waals surface area contributed by atoms with E-state index in [4.69, 9.17) is 4.74 Å². The Labute approximate surface area is 139 Å². The molecule has 1 saturated carbocycles. The highest BCUT2D eigenvalue weighted by atomic mass is 16.5. The molecule has 0 bridgehead atoms. The number of nitrogens with zero attached hydrogens (tertiary/aromatic N) is 1. The molecule has 126 valence electrons. The molecule has 0 unspecified atom stereocenters. The molecule has 4 heteroatoms. The molecular formula is C19H29N2O2+. The summed E-state index contributed by atoms with van der Waals surface area (Å²) in [6, 6.07) is 10.4. The Morgan fingerprint density at radius 2 is 1.87 bits per heavy atom. The van der Waals surface area contributed by atoms with Gasteiger partial charge < -0.3 is 14.5 Å². The van der Waals surface area contributed by atoms with Crippen LogP contribution in [0.1, 0.15) is 32.6 Å². The van der Waals surface area contributed by atoms with Gasteiger partial charge in [0.05, 0.1) is 32.2 Å². The minimum Gasteiger partial charge on any atom is -0.484 e. The Bertz CT molecular complexity index is 497. The van der Waals surface area contributed by atoms with Crippen molar-refractivity contribution >= 4 is 5.91 Å². The summed E-state index contributed by atoms with van der Waals surface area (Å²) >= 11 is 0. The van der Waals surface area contributed by atoms with Gasteiger partial charge in [0.1, 0.15) is 5.75 Å². The van der Waals surface area contributed by atoms with Gasteiger partial charge in [-0.1, -0.05) is 31.5 Å². The third-order valence-electron chi connectivity index (χ3n) is 5.50. The summed E-state index contributed by atoms with van der Waals surface area (Å²) < 4.78 is 5.58. The number of carbonyl (C=O) groups is 1. The second kappa shape index (κ2) is 7.82. The number of amides is 1. The van der Waals surface area contributed by atoms with E-state index in [1.807, 2.05) is 35.2 Å². The van der Waals surface area contributed by atoms with Gasteiger partial charge in [-0.25, -0.2) is 0 Å². The molecule has 1 aromatic rings. The first-order valence-electron chi connectivity index (χ1n) is 9.04. The van der Waals surface area contributed by atoms with E-state index >= 15 is 0 Å². The van der Waals surface area contributed by atoms with E-state index in [0.29, 0.717) is 0 Å². The van der Waals surface area contributed by atoms with Crippen LogP contribution in [0.25, 0.3) is 0 Å². The van der Waals surface area contributed by atoms with Crippen molar-refractivity contribution < 1.29 is 14.4 Å². The monoisotopic (exact) mass is 317 g/mol. The second-order valence-corrected chi connectivity index (χ2v) is 7.01. The van der Waals surface area contributed by atoms with E-state index < -0.39 is 0 Å². The lowest BCUT2D eigenvalue weighted by atomic mass is 9.84. The first-order valence-corrected chi connectivity index (χ1v) is 9.04. The van der Waals surface area contributed by atoms with Crippen molar-refractivity contribution in [1.29, 1.82) is 0 Å². The van der Waals surface area contributed by atoms with Crippen LogP contribution in [0.2, 0.25) is 0 Å². The third-order valence-corrected chi connectivity index (χ3v) is 5.50. The molecule has 3 rings (SSSR count). The Morgan fingerprint density at radius 3 is 2.57 bits per heavy atom. The molecule has 23 heavy (non-hydrogen) atoms.